The highest BCUT2D eigenvalue weighted by atomic mass is 16.5. The van der Waals surface area contributed by atoms with Crippen molar-refractivity contribution in [2.24, 2.45) is 5.92 Å². The summed E-state index contributed by atoms with van der Waals surface area (Å²) in [5, 5.41) is 9.37. The number of hydrogen-bond acceptors (Lipinski definition) is 5. The van der Waals surface area contributed by atoms with E-state index in [1.54, 1.807) is 0 Å². The van der Waals surface area contributed by atoms with Crippen molar-refractivity contribution in [3.8, 4) is 0 Å². The van der Waals surface area contributed by atoms with E-state index in [2.05, 4.69) is 0 Å². The van der Waals surface area contributed by atoms with Crippen molar-refractivity contribution in [1.29, 1.82) is 0 Å². The second-order valence-electron chi connectivity index (χ2n) is 7.15. The van der Waals surface area contributed by atoms with Crippen LogP contribution >= 0.6 is 0 Å². The van der Waals surface area contributed by atoms with Crippen LogP contribution in [0.4, 0.5) is 0 Å². The quantitative estimate of drug-likeness (QED) is 0.505. The van der Waals surface area contributed by atoms with Gasteiger partial charge in [-0.1, -0.05) is 60.7 Å². The minimum absolute atomic E-state index is 0.00245. The van der Waals surface area contributed by atoms with E-state index < -0.39 is 17.9 Å². The number of esters is 1. The number of benzene rings is 2. The van der Waals surface area contributed by atoms with Crippen LogP contribution in [0.5, 0.6) is 0 Å². The third-order valence-corrected chi connectivity index (χ3v) is 4.68. The minimum atomic E-state index is -1.03. The molecule has 1 atom stereocenters. The van der Waals surface area contributed by atoms with Crippen molar-refractivity contribution in [3.63, 3.8) is 0 Å². The SMILES string of the molecule is O=C(CCC(=O)C[C@@H](Cc1ccccc1)C(=O)O)CCC(=O)OCc1ccccc1. The summed E-state index contributed by atoms with van der Waals surface area (Å²) in [6, 6.07) is 18.4. The number of carbonyl (C=O) groups excluding carboxylic acids is 3. The van der Waals surface area contributed by atoms with E-state index in [9.17, 15) is 24.3 Å². The molecule has 0 saturated heterocycles. The van der Waals surface area contributed by atoms with Crippen molar-refractivity contribution in [2.75, 3.05) is 0 Å². The first kappa shape index (κ1) is 23.0. The van der Waals surface area contributed by atoms with Crippen molar-refractivity contribution < 1.29 is 29.0 Å². The maximum Gasteiger partial charge on any atom is 0.307 e. The predicted molar refractivity (Wildman–Crippen MR) is 111 cm³/mol. The Hall–Kier alpha value is -3.28. The number of Topliss-reactive ketones (excluding diaryl/α,β-unsaturated/α-hetero) is 2. The van der Waals surface area contributed by atoms with Crippen LogP contribution in [-0.2, 0) is 36.9 Å². The average Bonchev–Trinajstić information content (AvgIpc) is 2.75. The Labute approximate surface area is 175 Å². The van der Waals surface area contributed by atoms with Gasteiger partial charge in [-0.05, 0) is 17.5 Å². The molecule has 0 heterocycles. The van der Waals surface area contributed by atoms with Crippen LogP contribution in [0.25, 0.3) is 0 Å². The van der Waals surface area contributed by atoms with E-state index in [1.807, 2.05) is 60.7 Å². The van der Waals surface area contributed by atoms with Crippen LogP contribution < -0.4 is 0 Å². The third kappa shape index (κ3) is 8.82. The summed E-state index contributed by atoms with van der Waals surface area (Å²) in [4.78, 5) is 47.3. The molecule has 2 rings (SSSR count). The zero-order valence-electron chi connectivity index (χ0n) is 16.8. The van der Waals surface area contributed by atoms with Gasteiger partial charge in [0.1, 0.15) is 18.2 Å². The topological polar surface area (TPSA) is 97.7 Å². The van der Waals surface area contributed by atoms with Crippen molar-refractivity contribution >= 4 is 23.5 Å². The van der Waals surface area contributed by atoms with Gasteiger partial charge >= 0.3 is 11.9 Å². The molecule has 0 amide bonds. The molecule has 2 aromatic rings. The van der Waals surface area contributed by atoms with Gasteiger partial charge in [0.15, 0.2) is 0 Å². The maximum atomic E-state index is 12.1. The molecule has 2 aromatic carbocycles. The molecule has 30 heavy (non-hydrogen) atoms. The Morgan fingerprint density at radius 3 is 1.87 bits per heavy atom. The molecule has 6 nitrogen and oxygen atoms in total. The summed E-state index contributed by atoms with van der Waals surface area (Å²) in [6.07, 6.45) is 0.109. The molecule has 158 valence electrons. The Kier molecular flexibility index (Phi) is 9.45. The van der Waals surface area contributed by atoms with Crippen LogP contribution in [0.15, 0.2) is 60.7 Å². The van der Waals surface area contributed by atoms with Gasteiger partial charge in [-0.3, -0.25) is 19.2 Å². The molecular weight excluding hydrogens is 384 g/mol. The zero-order chi connectivity index (χ0) is 21.8. The van der Waals surface area contributed by atoms with Gasteiger partial charge in [-0.25, -0.2) is 0 Å². The largest absolute Gasteiger partial charge is 0.481 e. The number of aliphatic carboxylic acids is 1. The highest BCUT2D eigenvalue weighted by molar-refractivity contribution is 5.89. The van der Waals surface area contributed by atoms with Gasteiger partial charge in [0.2, 0.25) is 0 Å². The van der Waals surface area contributed by atoms with Crippen molar-refractivity contribution in [3.05, 3.63) is 71.8 Å². The smallest absolute Gasteiger partial charge is 0.307 e. The van der Waals surface area contributed by atoms with Crippen LogP contribution in [0, 0.1) is 5.92 Å². The molecule has 0 aliphatic rings. The number of ketones is 2. The lowest BCUT2D eigenvalue weighted by Crippen LogP contribution is -2.20. The number of rotatable bonds is 13. The normalized spacial score (nSPS) is 11.5. The second-order valence-corrected chi connectivity index (χ2v) is 7.15. The van der Waals surface area contributed by atoms with Gasteiger partial charge in [0.05, 0.1) is 12.3 Å². The summed E-state index contributed by atoms with van der Waals surface area (Å²) in [5.41, 5.74) is 1.72. The first-order valence-electron chi connectivity index (χ1n) is 9.93. The molecule has 0 fully saturated rings. The highest BCUT2D eigenvalue weighted by Crippen LogP contribution is 2.15. The van der Waals surface area contributed by atoms with E-state index in [0.29, 0.717) is 0 Å². The van der Waals surface area contributed by atoms with Crippen molar-refractivity contribution in [1.82, 2.24) is 0 Å². The second kappa shape index (κ2) is 12.3. The van der Waals surface area contributed by atoms with E-state index in [4.69, 9.17) is 4.74 Å². The standard InChI is InChI=1S/C24H26O6/c25-21(13-14-23(27)30-17-19-9-5-2-6-10-19)11-12-22(26)16-20(24(28)29)15-18-7-3-1-4-8-18/h1-10,20H,11-17H2,(H,28,29)/t20-/m1/s1. The van der Waals surface area contributed by atoms with Crippen molar-refractivity contribution in [2.45, 2.75) is 45.1 Å². The molecule has 0 spiro atoms. The van der Waals surface area contributed by atoms with Gasteiger partial charge in [0, 0.05) is 25.7 Å². The van der Waals surface area contributed by atoms with Gasteiger partial charge in [0.25, 0.3) is 0 Å². The fraction of sp³-hybridized carbons (Fsp3) is 0.333. The molecule has 0 aliphatic heterocycles. The Morgan fingerprint density at radius 2 is 1.27 bits per heavy atom. The van der Waals surface area contributed by atoms with Crippen LogP contribution in [-0.4, -0.2) is 28.6 Å². The monoisotopic (exact) mass is 410 g/mol. The summed E-state index contributed by atoms with van der Waals surface area (Å²) in [6.45, 7) is 0.157. The third-order valence-electron chi connectivity index (χ3n) is 4.68. The van der Waals surface area contributed by atoms with Gasteiger partial charge in [-0.15, -0.1) is 0 Å². The summed E-state index contributed by atoms with van der Waals surface area (Å²) in [7, 11) is 0. The highest BCUT2D eigenvalue weighted by Gasteiger charge is 2.22. The molecular formula is C24H26O6. The number of carbonyl (C=O) groups is 4. The fourth-order valence-corrected chi connectivity index (χ4v) is 2.98. The predicted octanol–water partition coefficient (Wildman–Crippen LogP) is 3.76. The minimum Gasteiger partial charge on any atom is -0.481 e. The zero-order valence-corrected chi connectivity index (χ0v) is 16.8. The number of hydrogen-bond donors (Lipinski definition) is 1. The average molecular weight is 410 g/mol. The van der Waals surface area contributed by atoms with Gasteiger partial charge < -0.3 is 9.84 Å². The lowest BCUT2D eigenvalue weighted by atomic mass is 9.92. The van der Waals surface area contributed by atoms with Crippen LogP contribution in [0.1, 0.15) is 43.2 Å². The molecule has 0 aromatic heterocycles. The Morgan fingerprint density at radius 1 is 0.733 bits per heavy atom. The molecule has 0 aliphatic carbocycles. The van der Waals surface area contributed by atoms with Crippen LogP contribution in [0.2, 0.25) is 0 Å². The molecule has 0 radical (unpaired) electrons. The number of ether oxygens (including phenoxy) is 1. The molecule has 0 unspecified atom stereocenters. The lowest BCUT2D eigenvalue weighted by molar-refractivity contribution is -0.146. The van der Waals surface area contributed by atoms with E-state index in [-0.39, 0.29) is 56.7 Å². The Bertz CT molecular complexity index is 845. The first-order valence-corrected chi connectivity index (χ1v) is 9.93. The fourth-order valence-electron chi connectivity index (χ4n) is 2.98. The number of carboxylic acids is 1. The molecule has 0 bridgehead atoms. The van der Waals surface area contributed by atoms with Crippen LogP contribution in [0.3, 0.4) is 0 Å². The summed E-state index contributed by atoms with van der Waals surface area (Å²) < 4.78 is 5.12. The first-order chi connectivity index (χ1) is 14.4. The van der Waals surface area contributed by atoms with E-state index >= 15 is 0 Å². The Balaban J connectivity index is 1.67. The van der Waals surface area contributed by atoms with Gasteiger partial charge in [-0.2, -0.15) is 0 Å². The summed E-state index contributed by atoms with van der Waals surface area (Å²) in [5.74, 6) is -2.79. The molecule has 6 heteroatoms. The number of carboxylic acid groups (broad SMARTS) is 1. The summed E-state index contributed by atoms with van der Waals surface area (Å²) >= 11 is 0. The van der Waals surface area contributed by atoms with E-state index in [1.165, 1.54) is 0 Å². The molecule has 0 saturated carbocycles. The molecule has 1 N–H and O–H groups in total. The van der Waals surface area contributed by atoms with E-state index in [0.717, 1.165) is 11.1 Å². The maximum absolute atomic E-state index is 12.1. The lowest BCUT2D eigenvalue weighted by Gasteiger charge is -2.11.